The fourth-order valence-corrected chi connectivity index (χ4v) is 2.56. The van der Waals surface area contributed by atoms with Gasteiger partial charge in [0.05, 0.1) is 6.20 Å². The van der Waals surface area contributed by atoms with Crippen LogP contribution >= 0.6 is 0 Å². The van der Waals surface area contributed by atoms with Crippen LogP contribution in [-0.4, -0.2) is 52.7 Å². The first-order valence-electron chi connectivity index (χ1n) is 7.68. The molecule has 23 heavy (non-hydrogen) atoms. The van der Waals surface area contributed by atoms with Gasteiger partial charge >= 0.3 is 0 Å². The van der Waals surface area contributed by atoms with Crippen molar-refractivity contribution in [2.45, 2.75) is 13.5 Å². The van der Waals surface area contributed by atoms with Crippen molar-refractivity contribution in [1.82, 2.24) is 20.1 Å². The smallest absolute Gasteiger partial charge is 0.247 e. The van der Waals surface area contributed by atoms with Crippen molar-refractivity contribution in [2.75, 3.05) is 36.4 Å². The molecule has 0 saturated carbocycles. The molecule has 1 aliphatic rings. The predicted octanol–water partition coefficient (Wildman–Crippen LogP) is 1.07. The summed E-state index contributed by atoms with van der Waals surface area (Å²) in [6, 6.07) is 8.34. The fraction of sp³-hybridized carbons (Fsp3) is 0.375. The molecule has 1 aromatic carbocycles. The standard InChI is InChI=1S/C16H20N6O/c1-13-3-2-4-14(9-13)10-17-15-11-18-20-16(19-15)22-7-5-21(12-23)6-8-22/h2-4,9,11-12H,5-8,10H2,1H3,(H,17,19,20). The van der Waals surface area contributed by atoms with Gasteiger partial charge in [-0.1, -0.05) is 29.8 Å². The van der Waals surface area contributed by atoms with Crippen LogP contribution in [0, 0.1) is 6.92 Å². The number of anilines is 2. The van der Waals surface area contributed by atoms with E-state index in [1.807, 2.05) is 11.0 Å². The molecule has 0 bridgehead atoms. The molecular weight excluding hydrogens is 292 g/mol. The molecule has 0 spiro atoms. The number of piperazine rings is 1. The third kappa shape index (κ3) is 3.94. The SMILES string of the molecule is Cc1cccc(CNc2cnnc(N3CCN(C=O)CC3)n2)c1. The summed E-state index contributed by atoms with van der Waals surface area (Å²) in [5.41, 5.74) is 2.43. The van der Waals surface area contributed by atoms with E-state index >= 15 is 0 Å². The van der Waals surface area contributed by atoms with Crippen LogP contribution < -0.4 is 10.2 Å². The van der Waals surface area contributed by atoms with Gasteiger partial charge in [0.25, 0.3) is 0 Å². The van der Waals surface area contributed by atoms with Gasteiger partial charge in [0.1, 0.15) is 0 Å². The van der Waals surface area contributed by atoms with Crippen LogP contribution in [0.3, 0.4) is 0 Å². The summed E-state index contributed by atoms with van der Waals surface area (Å²) in [7, 11) is 0. The van der Waals surface area contributed by atoms with Crippen molar-refractivity contribution in [3.8, 4) is 0 Å². The van der Waals surface area contributed by atoms with E-state index in [1.54, 1.807) is 11.1 Å². The maximum atomic E-state index is 10.8. The Morgan fingerprint density at radius 2 is 2.09 bits per heavy atom. The van der Waals surface area contributed by atoms with Gasteiger partial charge in [0, 0.05) is 32.7 Å². The van der Waals surface area contributed by atoms with E-state index in [-0.39, 0.29) is 0 Å². The normalized spacial score (nSPS) is 14.7. The number of aromatic nitrogens is 3. The fourth-order valence-electron chi connectivity index (χ4n) is 2.56. The maximum Gasteiger partial charge on any atom is 0.247 e. The number of aryl methyl sites for hydroxylation is 1. The van der Waals surface area contributed by atoms with Crippen LogP contribution in [0.1, 0.15) is 11.1 Å². The van der Waals surface area contributed by atoms with Crippen LogP contribution in [0.2, 0.25) is 0 Å². The molecule has 0 atom stereocenters. The molecule has 1 amide bonds. The zero-order valence-electron chi connectivity index (χ0n) is 13.1. The summed E-state index contributed by atoms with van der Waals surface area (Å²) in [6.45, 7) is 5.59. The number of amides is 1. The Bertz CT molecular complexity index is 669. The highest BCUT2D eigenvalue weighted by atomic mass is 16.1. The average molecular weight is 312 g/mol. The molecule has 0 radical (unpaired) electrons. The molecule has 1 fully saturated rings. The lowest BCUT2D eigenvalue weighted by Crippen LogP contribution is -2.46. The summed E-state index contributed by atoms with van der Waals surface area (Å²) in [5.74, 6) is 1.30. The van der Waals surface area contributed by atoms with Crippen molar-refractivity contribution >= 4 is 18.2 Å². The number of rotatable bonds is 5. The lowest BCUT2D eigenvalue weighted by molar-refractivity contribution is -0.118. The zero-order chi connectivity index (χ0) is 16.1. The molecule has 0 unspecified atom stereocenters. The van der Waals surface area contributed by atoms with Crippen molar-refractivity contribution in [3.63, 3.8) is 0 Å². The van der Waals surface area contributed by atoms with Gasteiger partial charge in [-0.3, -0.25) is 4.79 Å². The maximum absolute atomic E-state index is 10.8. The molecule has 1 saturated heterocycles. The molecule has 1 aliphatic heterocycles. The number of nitrogens with zero attached hydrogens (tertiary/aromatic N) is 5. The second kappa shape index (κ2) is 7.04. The van der Waals surface area contributed by atoms with E-state index in [0.717, 1.165) is 19.5 Å². The Kier molecular flexibility index (Phi) is 4.65. The van der Waals surface area contributed by atoms with Crippen molar-refractivity contribution in [3.05, 3.63) is 41.6 Å². The van der Waals surface area contributed by atoms with Crippen molar-refractivity contribution in [2.24, 2.45) is 0 Å². The molecule has 7 nitrogen and oxygen atoms in total. The van der Waals surface area contributed by atoms with Crippen LogP contribution in [0.5, 0.6) is 0 Å². The molecule has 1 N–H and O–H groups in total. The Balaban J connectivity index is 1.62. The van der Waals surface area contributed by atoms with E-state index in [2.05, 4.69) is 45.6 Å². The number of carbonyl (C=O) groups is 1. The highest BCUT2D eigenvalue weighted by Gasteiger charge is 2.18. The molecule has 120 valence electrons. The number of carbonyl (C=O) groups excluding carboxylic acids is 1. The van der Waals surface area contributed by atoms with Gasteiger partial charge in [-0.2, -0.15) is 10.1 Å². The first kappa shape index (κ1) is 15.2. The van der Waals surface area contributed by atoms with E-state index < -0.39 is 0 Å². The number of hydrogen-bond acceptors (Lipinski definition) is 6. The van der Waals surface area contributed by atoms with Crippen LogP contribution in [-0.2, 0) is 11.3 Å². The first-order valence-corrected chi connectivity index (χ1v) is 7.68. The second-order valence-electron chi connectivity index (χ2n) is 5.61. The van der Waals surface area contributed by atoms with E-state index in [0.29, 0.717) is 31.4 Å². The summed E-state index contributed by atoms with van der Waals surface area (Å²) in [6.07, 6.45) is 2.51. The number of hydrogen-bond donors (Lipinski definition) is 1. The van der Waals surface area contributed by atoms with E-state index in [4.69, 9.17) is 0 Å². The van der Waals surface area contributed by atoms with Gasteiger partial charge in [-0.15, -0.1) is 5.10 Å². The number of benzene rings is 1. The van der Waals surface area contributed by atoms with Crippen molar-refractivity contribution < 1.29 is 4.79 Å². The summed E-state index contributed by atoms with van der Waals surface area (Å²) in [5, 5.41) is 11.4. The van der Waals surface area contributed by atoms with Gasteiger partial charge in [0.15, 0.2) is 5.82 Å². The van der Waals surface area contributed by atoms with Crippen molar-refractivity contribution in [1.29, 1.82) is 0 Å². The van der Waals surface area contributed by atoms with Crippen LogP contribution in [0.4, 0.5) is 11.8 Å². The summed E-state index contributed by atoms with van der Waals surface area (Å²) in [4.78, 5) is 19.1. The van der Waals surface area contributed by atoms with Gasteiger partial charge < -0.3 is 15.1 Å². The van der Waals surface area contributed by atoms with Crippen LogP contribution in [0.15, 0.2) is 30.5 Å². The quantitative estimate of drug-likeness (QED) is 0.833. The molecule has 7 heteroatoms. The van der Waals surface area contributed by atoms with Crippen LogP contribution in [0.25, 0.3) is 0 Å². The monoisotopic (exact) mass is 312 g/mol. The molecule has 0 aliphatic carbocycles. The highest BCUT2D eigenvalue weighted by molar-refractivity contribution is 5.48. The average Bonchev–Trinajstić information content (AvgIpc) is 2.60. The second-order valence-corrected chi connectivity index (χ2v) is 5.61. The number of nitrogens with one attached hydrogen (secondary N) is 1. The minimum absolute atomic E-state index is 0.602. The third-order valence-electron chi connectivity index (χ3n) is 3.85. The highest BCUT2D eigenvalue weighted by Crippen LogP contribution is 2.13. The topological polar surface area (TPSA) is 74.2 Å². The third-order valence-corrected chi connectivity index (χ3v) is 3.85. The molecule has 2 aromatic rings. The molecule has 1 aromatic heterocycles. The predicted molar refractivity (Wildman–Crippen MR) is 88.2 cm³/mol. The summed E-state index contributed by atoms with van der Waals surface area (Å²) < 4.78 is 0. The largest absolute Gasteiger partial charge is 0.365 e. The zero-order valence-corrected chi connectivity index (χ0v) is 13.1. The first-order chi connectivity index (χ1) is 11.2. The summed E-state index contributed by atoms with van der Waals surface area (Å²) >= 11 is 0. The molecular formula is C16H20N6O. The lowest BCUT2D eigenvalue weighted by atomic mass is 10.1. The Morgan fingerprint density at radius 3 is 2.83 bits per heavy atom. The van der Waals surface area contributed by atoms with Gasteiger partial charge in [0.2, 0.25) is 12.4 Å². The Hall–Kier alpha value is -2.70. The minimum Gasteiger partial charge on any atom is -0.365 e. The van der Waals surface area contributed by atoms with E-state index in [1.165, 1.54) is 11.1 Å². The lowest BCUT2D eigenvalue weighted by Gasteiger charge is -2.32. The van der Waals surface area contributed by atoms with Gasteiger partial charge in [-0.25, -0.2) is 0 Å². The Morgan fingerprint density at radius 1 is 1.26 bits per heavy atom. The van der Waals surface area contributed by atoms with Gasteiger partial charge in [-0.05, 0) is 12.5 Å². The molecule has 3 rings (SSSR count). The molecule has 2 heterocycles. The Labute approximate surface area is 135 Å². The minimum atomic E-state index is 0.602. The van der Waals surface area contributed by atoms with E-state index in [9.17, 15) is 4.79 Å².